The minimum absolute atomic E-state index is 0. The number of amides is 5. The van der Waals surface area contributed by atoms with E-state index in [0.29, 0.717) is 57.2 Å². The number of carboxylic acid groups (broad SMARTS) is 1. The molecule has 2 aromatic heterocycles. The van der Waals surface area contributed by atoms with Gasteiger partial charge in [-0.15, -0.1) is 11.6 Å². The fraction of sp³-hybridized carbons (Fsp3) is 0.394. The third-order valence-corrected chi connectivity index (χ3v) is 15.2. The van der Waals surface area contributed by atoms with Gasteiger partial charge >= 0.3 is 109 Å². The number of fused-ring (bicyclic) bond motifs is 2. The molecule has 2 heterocycles. The van der Waals surface area contributed by atoms with Crippen molar-refractivity contribution in [3.63, 3.8) is 0 Å². The van der Waals surface area contributed by atoms with E-state index < -0.39 is 41.1 Å². The molecule has 0 fully saturated rings. The van der Waals surface area contributed by atoms with E-state index in [1.807, 2.05) is 34.6 Å². The summed E-state index contributed by atoms with van der Waals surface area (Å²) in [6.45, 7) is 17.6. The van der Waals surface area contributed by atoms with Gasteiger partial charge in [0.25, 0.3) is 18.3 Å². The molecule has 3 atom stereocenters. The summed E-state index contributed by atoms with van der Waals surface area (Å²) in [5, 5.41) is 34.9. The first-order valence-electron chi connectivity index (χ1n) is 28.9. The van der Waals surface area contributed by atoms with Crippen molar-refractivity contribution in [2.45, 2.75) is 134 Å². The molecule has 5 amide bonds. The Balaban J connectivity index is -0.000000594. The van der Waals surface area contributed by atoms with Crippen LogP contribution in [0.15, 0.2) is 103 Å². The third-order valence-electron chi connectivity index (χ3n) is 14.0. The van der Waals surface area contributed by atoms with Crippen LogP contribution in [-0.4, -0.2) is 114 Å². The van der Waals surface area contributed by atoms with Crippen molar-refractivity contribution in [2.75, 3.05) is 19.0 Å². The molecule has 10 N–H and O–H groups in total. The third kappa shape index (κ3) is 33.9. The summed E-state index contributed by atoms with van der Waals surface area (Å²) in [7, 11) is 0. The summed E-state index contributed by atoms with van der Waals surface area (Å²) >= 11 is 22.4. The largest absolute Gasteiger partial charge is 1.00 e. The fourth-order valence-electron chi connectivity index (χ4n) is 7.63. The van der Waals surface area contributed by atoms with Gasteiger partial charge in [0.15, 0.2) is 11.4 Å². The average molecular weight is 1490 g/mol. The predicted molar refractivity (Wildman–Crippen MR) is 365 cm³/mol. The number of carboxylic acids is 1. The van der Waals surface area contributed by atoms with Gasteiger partial charge in [0.1, 0.15) is 36.3 Å². The second-order valence-electron chi connectivity index (χ2n) is 21.7. The van der Waals surface area contributed by atoms with Crippen molar-refractivity contribution in [1.29, 1.82) is 0 Å². The molecule has 7 rings (SSSR count). The number of carbonyl (C=O) groups is 8. The van der Waals surface area contributed by atoms with Gasteiger partial charge in [0.2, 0.25) is 17.7 Å². The van der Waals surface area contributed by atoms with Gasteiger partial charge in [-0.2, -0.15) is 10.2 Å². The maximum Gasteiger partial charge on any atom is 1.00 e. The quantitative estimate of drug-likeness (QED) is 0.0147. The van der Waals surface area contributed by atoms with E-state index in [9.17, 15) is 46.7 Å². The van der Waals surface area contributed by atoms with Gasteiger partial charge in [0, 0.05) is 59.5 Å². The number of Topliss-reactive ketones (excluding diaryl/α,β-unsaturated/α-hetero) is 1. The maximum atomic E-state index is 14.1. The number of primary amides is 2. The zero-order valence-electron chi connectivity index (χ0n) is 55.9. The Bertz CT molecular complexity index is 3630. The molecule has 97 heavy (non-hydrogen) atoms. The topological polar surface area (TPSA) is 342 Å². The number of aromatic nitrogens is 4. The zero-order valence-corrected chi connectivity index (χ0v) is 64.1. The Labute approximate surface area is 671 Å². The molecule has 22 nitrogen and oxygen atoms in total. The van der Waals surface area contributed by atoms with E-state index in [2.05, 4.69) is 58.7 Å². The van der Waals surface area contributed by atoms with Crippen LogP contribution in [0.3, 0.4) is 0 Å². The van der Waals surface area contributed by atoms with Crippen LogP contribution in [0.5, 0.6) is 0 Å². The number of nitrogens with two attached hydrogens (primary N) is 3. The van der Waals surface area contributed by atoms with E-state index in [4.69, 9.17) is 78.8 Å². The second kappa shape index (κ2) is 50.4. The van der Waals surface area contributed by atoms with Gasteiger partial charge < -0.3 is 54.7 Å². The molecule has 7 aromatic rings. The Morgan fingerprint density at radius 3 is 1.40 bits per heavy atom. The number of rotatable bonds is 24. The number of benzene rings is 5. The zero-order chi connectivity index (χ0) is 70.2. The number of aryl methyl sites for hydroxylation is 1. The number of alkyl halides is 1. The molecular weight excluding hydrogens is 1400 g/mol. The van der Waals surface area contributed by atoms with Gasteiger partial charge in [-0.1, -0.05) is 164 Å². The molecule has 0 aliphatic rings. The van der Waals surface area contributed by atoms with Crippen molar-refractivity contribution in [3.05, 3.63) is 164 Å². The monoisotopic (exact) mass is 1490 g/mol. The number of hydrogen-bond acceptors (Lipinski definition) is 14. The Kier molecular flexibility index (Phi) is 50.1. The van der Waals surface area contributed by atoms with E-state index in [1.54, 1.807) is 78.9 Å². The molecule has 0 radical (unpaired) electrons. The van der Waals surface area contributed by atoms with Crippen LogP contribution in [0, 0.1) is 35.2 Å². The Morgan fingerprint density at radius 2 is 1.03 bits per heavy atom. The molecular formula is C66H88Cl4F3K2N11O11. The summed E-state index contributed by atoms with van der Waals surface area (Å²) in [6.07, 6.45) is 0.596. The average Bonchev–Trinajstić information content (AvgIpc) is 1.65. The van der Waals surface area contributed by atoms with Crippen LogP contribution in [-0.2, 0) is 66.3 Å². The molecule has 3 unspecified atom stereocenters. The molecule has 0 saturated carbocycles. The van der Waals surface area contributed by atoms with Crippen molar-refractivity contribution >= 4 is 116 Å². The summed E-state index contributed by atoms with van der Waals surface area (Å²) in [5.74, 6) is -3.82. The molecule has 0 spiro atoms. The van der Waals surface area contributed by atoms with E-state index in [0.717, 1.165) is 0 Å². The smallest absolute Gasteiger partial charge is 1.00 e. The first-order valence-corrected chi connectivity index (χ1v) is 30.6. The number of nitrogens with one attached hydrogen (secondary N) is 3. The van der Waals surface area contributed by atoms with E-state index in [1.165, 1.54) is 38.5 Å². The number of carbonyl (C=O) groups excluding carboxylic acids is 7. The van der Waals surface area contributed by atoms with Crippen molar-refractivity contribution in [2.24, 2.45) is 35.0 Å². The summed E-state index contributed by atoms with van der Waals surface area (Å²) in [4.78, 5) is 94.7. The number of hydrogen-bond donors (Lipinski definition) is 7. The maximum absolute atomic E-state index is 14.1. The van der Waals surface area contributed by atoms with Crippen LogP contribution in [0.25, 0.3) is 21.8 Å². The fourth-order valence-corrected chi connectivity index (χ4v) is 8.34. The van der Waals surface area contributed by atoms with Gasteiger partial charge in [-0.25, -0.2) is 13.2 Å². The standard InChI is InChI=1S/C24H27ClFN5O3.C14H20ClFN2O.C10H9Cl2FO.C10H9N3O3.C5H13N.CH2O3.2CH4.2K.H/c1-14(2)15(3)30(12-20(32)28-11-16-7-6-9-18(25)22(16)26)21(33)13-31-19-10-5-4-8-17(19)23(29-31)24(27)34;1-9(2)10(3)17-8-13(19)18-7-11-5-4-6-12(15)14(11)16;11-6-8(14)5-4-7-2-1-3-9(12)10(7)13;11-10(16)9-6-3-1-2-4-7(6)13(12-9)5-8(14)15;1-4(2)5(3)6;2-1-4-3;;;;;/h4-10,14-15H,11-13H2,1-3H3,(H2,27,34)(H,28,32);4-6,9-10,17H,7-8H2,1-3H3,(H,18,19);1-3H,4-6H2;1-4H,5H2,(H2,11,16)(H,14,15);4-5H,6H2,1-3H3;1,3H;2*1H4;;;/q;;;;;;;;2*+1;-1/p-1. The number of para-hydroxylation sites is 2. The van der Waals surface area contributed by atoms with Crippen molar-refractivity contribution in [3.8, 4) is 0 Å². The first kappa shape index (κ1) is 96.3. The normalized spacial score (nSPS) is 11.1. The van der Waals surface area contributed by atoms with E-state index in [-0.39, 0.29) is 245 Å². The molecule has 0 bridgehead atoms. The van der Waals surface area contributed by atoms with Crippen molar-refractivity contribution in [1.82, 2.24) is 40.4 Å². The van der Waals surface area contributed by atoms with Gasteiger partial charge in [0.05, 0.1) is 45.1 Å². The van der Waals surface area contributed by atoms with Crippen LogP contribution < -0.4 is 141 Å². The molecule has 524 valence electrons. The van der Waals surface area contributed by atoms with Gasteiger partial charge in [-0.3, -0.25) is 47.7 Å². The number of aliphatic carboxylic acids is 1. The van der Waals surface area contributed by atoms with Crippen LogP contribution in [0.4, 0.5) is 13.2 Å². The minimum atomic E-state index is -1.02. The Hall–Kier alpha value is -4.90. The molecule has 31 heteroatoms. The van der Waals surface area contributed by atoms with Crippen LogP contribution in [0.2, 0.25) is 15.1 Å². The van der Waals surface area contributed by atoms with E-state index >= 15 is 0 Å². The summed E-state index contributed by atoms with van der Waals surface area (Å²) in [6, 6.07) is 28.2. The summed E-state index contributed by atoms with van der Waals surface area (Å²) in [5.41, 5.74) is 18.5. The van der Waals surface area contributed by atoms with Gasteiger partial charge in [-0.05, 0) is 80.8 Å². The van der Waals surface area contributed by atoms with Crippen LogP contribution >= 0.6 is 46.4 Å². The van der Waals surface area contributed by atoms with Crippen LogP contribution in [0.1, 0.15) is 123 Å². The van der Waals surface area contributed by atoms with Crippen molar-refractivity contribution < 1.29 is 171 Å². The number of halogens is 7. The SMILES string of the molecule is C.C.CC(C)C(C)N.CC(C)C(C)N(CC(=O)NCc1cccc(Cl)c1F)C(=O)Cn1nc(C(N)=O)c2ccccc21.CC(C)C(C)NCC(=O)NCc1cccc(Cl)c1F.NC(=O)c1nn(CC(=O)O)c2ccccc12.O=C(CCl)CCc1cccc(Cl)c1F.O=CO[O-].[H-].[K+].[K+]. The molecule has 0 aliphatic carbocycles. The molecule has 0 aliphatic heterocycles. The first-order chi connectivity index (χ1) is 43.8. The molecule has 5 aromatic carbocycles. The predicted octanol–water partition coefficient (Wildman–Crippen LogP) is 4.10. The number of nitrogens with zero attached hydrogens (tertiary/aromatic N) is 5. The minimum Gasteiger partial charge on any atom is -1.00 e. The Morgan fingerprint density at radius 1 is 0.639 bits per heavy atom. The number of ketones is 1. The second-order valence-corrected chi connectivity index (χ2v) is 23.2. The summed E-state index contributed by atoms with van der Waals surface area (Å²) < 4.78 is 43.6. The molecule has 0 saturated heterocycles.